The molecular weight excluding hydrogens is 342 g/mol. The lowest BCUT2D eigenvalue weighted by Gasteiger charge is -2.32. The predicted octanol–water partition coefficient (Wildman–Crippen LogP) is 2.45. The number of hydrazine groups is 1. The number of nitrogens with zero attached hydrogens (tertiary/aromatic N) is 4. The summed E-state index contributed by atoms with van der Waals surface area (Å²) < 4.78 is 0. The number of amides is 1. The number of nitrogens with two attached hydrogens (primary N) is 1. The van der Waals surface area contributed by atoms with Gasteiger partial charge < -0.3 is 14.7 Å². The summed E-state index contributed by atoms with van der Waals surface area (Å²) in [6, 6.07) is 12.7. The van der Waals surface area contributed by atoms with Crippen molar-refractivity contribution in [2.24, 2.45) is 11.8 Å². The molecule has 1 aromatic heterocycles. The number of rotatable bonds is 6. The molecule has 2 heterocycles. The van der Waals surface area contributed by atoms with Crippen LogP contribution in [-0.2, 0) is 4.79 Å². The Balaban J connectivity index is 1.78. The minimum atomic E-state index is -0.0655. The van der Waals surface area contributed by atoms with Crippen molar-refractivity contribution in [2.45, 2.75) is 19.8 Å². The Bertz CT molecular complexity index is 728. The van der Waals surface area contributed by atoms with Crippen molar-refractivity contribution in [3.05, 3.63) is 48.7 Å². The first-order valence-corrected chi connectivity index (χ1v) is 9.32. The molecule has 1 fully saturated rings. The van der Waals surface area contributed by atoms with Gasteiger partial charge in [0.1, 0.15) is 0 Å². The fourth-order valence-corrected chi connectivity index (χ4v) is 3.19. The summed E-state index contributed by atoms with van der Waals surface area (Å²) in [5.41, 5.74) is 0.852. The summed E-state index contributed by atoms with van der Waals surface area (Å²) >= 11 is 0. The van der Waals surface area contributed by atoms with Gasteiger partial charge in [0.05, 0.1) is 5.69 Å². The highest BCUT2D eigenvalue weighted by Gasteiger charge is 2.31. The lowest BCUT2D eigenvalue weighted by Crippen LogP contribution is -2.44. The molecule has 7 nitrogen and oxygen atoms in total. The van der Waals surface area contributed by atoms with Gasteiger partial charge >= 0.3 is 0 Å². The average Bonchev–Trinajstić information content (AvgIpc) is 2.72. The van der Waals surface area contributed by atoms with Crippen molar-refractivity contribution < 1.29 is 9.63 Å². The molecule has 27 heavy (non-hydrogen) atoms. The number of anilines is 2. The fraction of sp³-hybridized carbons (Fsp3) is 0.400. The molecule has 1 aliphatic heterocycles. The Labute approximate surface area is 160 Å². The maximum atomic E-state index is 13.2. The fourth-order valence-electron chi connectivity index (χ4n) is 3.19. The second kappa shape index (κ2) is 8.83. The lowest BCUT2D eigenvalue weighted by atomic mass is 9.96. The molecule has 0 spiro atoms. The molecule has 0 aliphatic carbocycles. The largest absolute Gasteiger partial charge is 0.370 e. The molecular formula is C20H27N5O2. The lowest BCUT2D eigenvalue weighted by molar-refractivity contribution is -0.128. The molecule has 1 aromatic carbocycles. The zero-order valence-corrected chi connectivity index (χ0v) is 15.9. The van der Waals surface area contributed by atoms with Crippen LogP contribution in [-0.4, -0.2) is 42.5 Å². The third-order valence-electron chi connectivity index (χ3n) is 4.88. The van der Waals surface area contributed by atoms with E-state index in [4.69, 9.17) is 10.7 Å². The summed E-state index contributed by atoms with van der Waals surface area (Å²) in [6.45, 7) is 5.03. The molecule has 3 rings (SSSR count). The Hall–Kier alpha value is -2.64. The second-order valence-electron chi connectivity index (χ2n) is 6.73. The van der Waals surface area contributed by atoms with Crippen molar-refractivity contribution in [1.29, 1.82) is 0 Å². The van der Waals surface area contributed by atoms with Gasteiger partial charge in [0.2, 0.25) is 0 Å². The van der Waals surface area contributed by atoms with Crippen LogP contribution in [0.25, 0.3) is 0 Å². The van der Waals surface area contributed by atoms with Crippen LogP contribution in [0, 0.1) is 5.92 Å². The van der Waals surface area contributed by atoms with Gasteiger partial charge in [0.25, 0.3) is 5.91 Å². The first kappa shape index (κ1) is 19.1. The second-order valence-corrected chi connectivity index (χ2v) is 6.73. The van der Waals surface area contributed by atoms with E-state index in [9.17, 15) is 4.79 Å². The molecule has 0 atom stereocenters. The maximum absolute atomic E-state index is 13.2. The van der Waals surface area contributed by atoms with Crippen molar-refractivity contribution in [3.63, 3.8) is 0 Å². The van der Waals surface area contributed by atoms with Gasteiger partial charge in [-0.3, -0.25) is 4.79 Å². The van der Waals surface area contributed by atoms with Crippen LogP contribution >= 0.6 is 0 Å². The average molecular weight is 369 g/mol. The molecule has 1 saturated heterocycles. The summed E-state index contributed by atoms with van der Waals surface area (Å²) in [7, 11) is 1.77. The monoisotopic (exact) mass is 369 g/mol. The molecule has 1 aliphatic rings. The third-order valence-corrected chi connectivity index (χ3v) is 4.88. The first-order valence-electron chi connectivity index (χ1n) is 9.32. The number of benzene rings is 1. The van der Waals surface area contributed by atoms with Crippen molar-refractivity contribution in [2.75, 3.05) is 36.8 Å². The minimum absolute atomic E-state index is 0.0514. The van der Waals surface area contributed by atoms with E-state index in [0.717, 1.165) is 38.2 Å². The van der Waals surface area contributed by atoms with Crippen LogP contribution < -0.4 is 20.8 Å². The molecule has 2 N–H and O–H groups in total. The molecule has 144 valence electrons. The van der Waals surface area contributed by atoms with Crippen LogP contribution in [0.1, 0.15) is 19.8 Å². The Morgan fingerprint density at radius 1 is 1.22 bits per heavy atom. The summed E-state index contributed by atoms with van der Waals surface area (Å²) in [4.78, 5) is 25.8. The van der Waals surface area contributed by atoms with Gasteiger partial charge in [-0.2, -0.15) is 0 Å². The highest BCUT2D eigenvalue weighted by atomic mass is 16.7. The molecule has 2 aromatic rings. The zero-order valence-electron chi connectivity index (χ0n) is 15.9. The number of carbonyl (C=O) groups excluding carboxylic acids is 1. The van der Waals surface area contributed by atoms with Gasteiger partial charge in [-0.1, -0.05) is 13.0 Å². The smallest absolute Gasteiger partial charge is 0.264 e. The van der Waals surface area contributed by atoms with E-state index in [2.05, 4.69) is 16.8 Å². The van der Waals surface area contributed by atoms with E-state index >= 15 is 0 Å². The number of likely N-dealkylation sites (tertiary alicyclic amines) is 1. The number of carbonyl (C=O) groups is 1. The highest BCUT2D eigenvalue weighted by Crippen LogP contribution is 2.25. The number of hydroxylamine groups is 1. The third kappa shape index (κ3) is 4.75. The van der Waals surface area contributed by atoms with Crippen LogP contribution in [0.2, 0.25) is 0 Å². The minimum Gasteiger partial charge on any atom is -0.370 e. The van der Waals surface area contributed by atoms with E-state index in [-0.39, 0.29) is 11.8 Å². The van der Waals surface area contributed by atoms with Crippen LogP contribution in [0.5, 0.6) is 5.75 Å². The van der Waals surface area contributed by atoms with Gasteiger partial charge in [-0.15, -0.1) is 5.06 Å². The van der Waals surface area contributed by atoms with Crippen molar-refractivity contribution in [3.8, 4) is 5.75 Å². The number of pyridine rings is 1. The molecule has 7 heteroatoms. The van der Waals surface area contributed by atoms with Crippen LogP contribution in [0.3, 0.4) is 0 Å². The van der Waals surface area contributed by atoms with Gasteiger partial charge in [0.15, 0.2) is 11.6 Å². The van der Waals surface area contributed by atoms with E-state index in [1.807, 2.05) is 24.3 Å². The van der Waals surface area contributed by atoms with Crippen LogP contribution in [0.15, 0.2) is 48.7 Å². The molecule has 0 radical (unpaired) electrons. The van der Waals surface area contributed by atoms with Crippen LogP contribution in [0.4, 0.5) is 11.5 Å². The predicted molar refractivity (Wildman–Crippen MR) is 106 cm³/mol. The maximum Gasteiger partial charge on any atom is 0.264 e. The molecule has 0 unspecified atom stereocenters. The van der Waals surface area contributed by atoms with E-state index in [1.54, 1.807) is 31.4 Å². The Morgan fingerprint density at radius 3 is 2.48 bits per heavy atom. The molecule has 0 bridgehead atoms. The van der Waals surface area contributed by atoms with Gasteiger partial charge in [-0.05, 0) is 68.9 Å². The molecule has 0 saturated carbocycles. The summed E-state index contributed by atoms with van der Waals surface area (Å²) in [5, 5.41) is 2.85. The van der Waals surface area contributed by atoms with E-state index < -0.39 is 0 Å². The topological polar surface area (TPSA) is 74.9 Å². The van der Waals surface area contributed by atoms with Crippen molar-refractivity contribution >= 4 is 17.4 Å². The standard InChI is InChI=1S/C20H27N5O2/c1-3-24-14-11-16(12-15-24)20(26)25(19-6-4-5-13-22-19)27-18-9-7-17(8-10-18)23(2)21/h4-10,13,16H,3,11-12,14-15,21H2,1-2H3. The van der Waals surface area contributed by atoms with E-state index in [1.165, 1.54) is 10.1 Å². The van der Waals surface area contributed by atoms with Gasteiger partial charge in [-0.25, -0.2) is 10.8 Å². The summed E-state index contributed by atoms with van der Waals surface area (Å²) in [6.07, 6.45) is 3.32. The van der Waals surface area contributed by atoms with Gasteiger partial charge in [0, 0.05) is 19.2 Å². The number of aromatic nitrogens is 1. The Morgan fingerprint density at radius 2 is 1.93 bits per heavy atom. The number of hydrogen-bond acceptors (Lipinski definition) is 6. The first-order chi connectivity index (χ1) is 13.1. The highest BCUT2D eigenvalue weighted by molar-refractivity contribution is 5.92. The molecule has 1 amide bonds. The number of hydrogen-bond donors (Lipinski definition) is 1. The Kier molecular flexibility index (Phi) is 6.26. The SMILES string of the molecule is CCN1CCC(C(=O)N(Oc2ccc(N(C)N)cc2)c2ccccn2)CC1. The number of piperidine rings is 1. The normalized spacial score (nSPS) is 15.4. The van der Waals surface area contributed by atoms with Crippen molar-refractivity contribution in [1.82, 2.24) is 9.88 Å². The quantitative estimate of drug-likeness (QED) is 0.623. The zero-order chi connectivity index (χ0) is 19.2. The summed E-state index contributed by atoms with van der Waals surface area (Å²) in [5.74, 6) is 6.67. The van der Waals surface area contributed by atoms with E-state index in [0.29, 0.717) is 11.6 Å².